The van der Waals surface area contributed by atoms with Gasteiger partial charge in [0.1, 0.15) is 6.04 Å². The van der Waals surface area contributed by atoms with Crippen molar-refractivity contribution in [1.82, 2.24) is 0 Å². The molecular weight excluding hydrogens is 166 g/mol. The molecule has 1 aliphatic carbocycles. The van der Waals surface area contributed by atoms with E-state index in [-0.39, 0.29) is 5.97 Å². The summed E-state index contributed by atoms with van der Waals surface area (Å²) in [5, 5.41) is 0. The van der Waals surface area contributed by atoms with Crippen LogP contribution in [-0.4, -0.2) is 18.6 Å². The van der Waals surface area contributed by atoms with Crippen LogP contribution in [0.1, 0.15) is 39.0 Å². The van der Waals surface area contributed by atoms with Gasteiger partial charge in [-0.2, -0.15) is 0 Å². The number of hydrogen-bond donors (Lipinski definition) is 1. The Bertz CT molecular complexity index is 166. The molecule has 0 unspecified atom stereocenters. The fraction of sp³-hybridized carbons (Fsp3) is 0.900. The van der Waals surface area contributed by atoms with Gasteiger partial charge in [0, 0.05) is 0 Å². The third-order valence-corrected chi connectivity index (χ3v) is 2.37. The number of nitrogens with two attached hydrogens (primary N) is 1. The molecule has 0 aromatic heterocycles. The molecular formula is C10H19NO2. The first-order valence-electron chi connectivity index (χ1n) is 5.16. The SMILES string of the molecule is CCC[C@H](N)C(=O)OCCC1CC1. The van der Waals surface area contributed by atoms with Crippen molar-refractivity contribution in [1.29, 1.82) is 0 Å². The van der Waals surface area contributed by atoms with Gasteiger partial charge in [0.15, 0.2) is 0 Å². The number of esters is 1. The van der Waals surface area contributed by atoms with Gasteiger partial charge in [0.25, 0.3) is 0 Å². The van der Waals surface area contributed by atoms with E-state index < -0.39 is 6.04 Å². The Morgan fingerprint density at radius 2 is 2.31 bits per heavy atom. The van der Waals surface area contributed by atoms with E-state index in [1.54, 1.807) is 0 Å². The molecule has 0 spiro atoms. The van der Waals surface area contributed by atoms with Crippen LogP contribution < -0.4 is 5.73 Å². The Morgan fingerprint density at radius 1 is 1.62 bits per heavy atom. The third-order valence-electron chi connectivity index (χ3n) is 2.37. The Labute approximate surface area is 79.6 Å². The maximum absolute atomic E-state index is 11.2. The first-order valence-corrected chi connectivity index (χ1v) is 5.16. The molecule has 0 bridgehead atoms. The van der Waals surface area contributed by atoms with Crippen molar-refractivity contribution < 1.29 is 9.53 Å². The quantitative estimate of drug-likeness (QED) is 0.637. The van der Waals surface area contributed by atoms with Crippen molar-refractivity contribution >= 4 is 5.97 Å². The predicted octanol–water partition coefficient (Wildman–Crippen LogP) is 1.46. The lowest BCUT2D eigenvalue weighted by molar-refractivity contribution is -0.145. The molecule has 3 nitrogen and oxygen atoms in total. The highest BCUT2D eigenvalue weighted by atomic mass is 16.5. The molecule has 1 aliphatic rings. The molecule has 0 aromatic rings. The van der Waals surface area contributed by atoms with Gasteiger partial charge in [0.2, 0.25) is 0 Å². The topological polar surface area (TPSA) is 52.3 Å². The summed E-state index contributed by atoms with van der Waals surface area (Å²) in [6.07, 6.45) is 5.28. The summed E-state index contributed by atoms with van der Waals surface area (Å²) in [5.74, 6) is 0.581. The molecule has 1 saturated carbocycles. The zero-order chi connectivity index (χ0) is 9.68. The normalized spacial score (nSPS) is 18.3. The lowest BCUT2D eigenvalue weighted by Gasteiger charge is -2.09. The highest BCUT2D eigenvalue weighted by molar-refractivity contribution is 5.75. The highest BCUT2D eigenvalue weighted by Gasteiger charge is 2.22. The second kappa shape index (κ2) is 5.22. The van der Waals surface area contributed by atoms with E-state index in [2.05, 4.69) is 0 Å². The van der Waals surface area contributed by atoms with Crippen LogP contribution in [0.15, 0.2) is 0 Å². The van der Waals surface area contributed by atoms with Gasteiger partial charge in [-0.15, -0.1) is 0 Å². The summed E-state index contributed by atoms with van der Waals surface area (Å²) in [6, 6.07) is -0.413. The van der Waals surface area contributed by atoms with Gasteiger partial charge in [-0.1, -0.05) is 26.2 Å². The van der Waals surface area contributed by atoms with Gasteiger partial charge in [-0.25, -0.2) is 0 Å². The monoisotopic (exact) mass is 185 g/mol. The minimum absolute atomic E-state index is 0.234. The Balaban J connectivity index is 2.01. The van der Waals surface area contributed by atoms with Crippen LogP contribution in [-0.2, 0) is 9.53 Å². The van der Waals surface area contributed by atoms with E-state index in [1.807, 2.05) is 6.92 Å². The molecule has 1 atom stereocenters. The van der Waals surface area contributed by atoms with Gasteiger partial charge < -0.3 is 10.5 Å². The zero-order valence-corrected chi connectivity index (χ0v) is 8.29. The fourth-order valence-corrected chi connectivity index (χ4v) is 1.27. The molecule has 0 saturated heterocycles. The summed E-state index contributed by atoms with van der Waals surface area (Å²) >= 11 is 0. The first kappa shape index (κ1) is 10.5. The molecule has 0 amide bonds. The maximum Gasteiger partial charge on any atom is 0.322 e. The van der Waals surface area contributed by atoms with Crippen molar-refractivity contribution in [2.24, 2.45) is 11.7 Å². The van der Waals surface area contributed by atoms with Crippen LogP contribution >= 0.6 is 0 Å². The van der Waals surface area contributed by atoms with Crippen LogP contribution in [0.5, 0.6) is 0 Å². The maximum atomic E-state index is 11.2. The Kier molecular flexibility index (Phi) is 4.22. The molecule has 1 rings (SSSR count). The number of carbonyl (C=O) groups is 1. The molecule has 1 fully saturated rings. The minimum Gasteiger partial charge on any atom is -0.465 e. The van der Waals surface area contributed by atoms with Crippen molar-refractivity contribution in [2.45, 2.75) is 45.1 Å². The number of carbonyl (C=O) groups excluding carboxylic acids is 1. The molecule has 3 heteroatoms. The largest absolute Gasteiger partial charge is 0.465 e. The van der Waals surface area contributed by atoms with E-state index >= 15 is 0 Å². The number of hydrogen-bond acceptors (Lipinski definition) is 3. The standard InChI is InChI=1S/C10H19NO2/c1-2-3-9(11)10(12)13-7-6-8-4-5-8/h8-9H,2-7,11H2,1H3/t9-/m0/s1. The van der Waals surface area contributed by atoms with Gasteiger partial charge in [0.05, 0.1) is 6.61 Å². The van der Waals surface area contributed by atoms with Crippen LogP contribution in [0.25, 0.3) is 0 Å². The molecule has 2 N–H and O–H groups in total. The number of ether oxygens (including phenoxy) is 1. The average molecular weight is 185 g/mol. The summed E-state index contributed by atoms with van der Waals surface area (Å²) in [5.41, 5.74) is 5.59. The molecule has 0 aromatic carbocycles. The van der Waals surface area contributed by atoms with E-state index in [1.165, 1.54) is 12.8 Å². The smallest absolute Gasteiger partial charge is 0.322 e. The molecule has 0 heterocycles. The second-order valence-corrected chi connectivity index (χ2v) is 3.79. The Hall–Kier alpha value is -0.570. The average Bonchev–Trinajstić information content (AvgIpc) is 2.88. The second-order valence-electron chi connectivity index (χ2n) is 3.79. The molecule has 0 aliphatic heterocycles. The van der Waals surface area contributed by atoms with Crippen molar-refractivity contribution in [2.75, 3.05) is 6.61 Å². The summed E-state index contributed by atoms with van der Waals surface area (Å²) in [4.78, 5) is 11.2. The number of rotatable bonds is 6. The zero-order valence-electron chi connectivity index (χ0n) is 8.29. The summed E-state index contributed by atoms with van der Waals surface area (Å²) in [6.45, 7) is 2.57. The minimum atomic E-state index is -0.413. The highest BCUT2D eigenvalue weighted by Crippen LogP contribution is 2.32. The van der Waals surface area contributed by atoms with Crippen LogP contribution in [0.3, 0.4) is 0 Å². The van der Waals surface area contributed by atoms with Crippen molar-refractivity contribution in [3.05, 3.63) is 0 Å². The predicted molar refractivity (Wildman–Crippen MR) is 51.2 cm³/mol. The Morgan fingerprint density at radius 3 is 2.85 bits per heavy atom. The van der Waals surface area contributed by atoms with Crippen LogP contribution in [0.4, 0.5) is 0 Å². The third kappa shape index (κ3) is 4.27. The lowest BCUT2D eigenvalue weighted by Crippen LogP contribution is -2.32. The van der Waals surface area contributed by atoms with Gasteiger partial charge in [-0.3, -0.25) is 4.79 Å². The summed E-state index contributed by atoms with van der Waals surface area (Å²) < 4.78 is 5.04. The lowest BCUT2D eigenvalue weighted by atomic mass is 10.2. The van der Waals surface area contributed by atoms with Gasteiger partial charge in [-0.05, 0) is 18.8 Å². The van der Waals surface area contributed by atoms with Crippen molar-refractivity contribution in [3.63, 3.8) is 0 Å². The van der Waals surface area contributed by atoms with Crippen molar-refractivity contribution in [3.8, 4) is 0 Å². The van der Waals surface area contributed by atoms with E-state index in [0.29, 0.717) is 6.61 Å². The van der Waals surface area contributed by atoms with Crippen LogP contribution in [0, 0.1) is 5.92 Å². The summed E-state index contributed by atoms with van der Waals surface area (Å²) in [7, 11) is 0. The molecule has 0 radical (unpaired) electrons. The first-order chi connectivity index (χ1) is 6.24. The van der Waals surface area contributed by atoms with Crippen LogP contribution in [0.2, 0.25) is 0 Å². The van der Waals surface area contributed by atoms with E-state index in [9.17, 15) is 4.79 Å². The molecule has 13 heavy (non-hydrogen) atoms. The van der Waals surface area contributed by atoms with E-state index in [0.717, 1.165) is 25.2 Å². The van der Waals surface area contributed by atoms with E-state index in [4.69, 9.17) is 10.5 Å². The fourth-order valence-electron chi connectivity index (χ4n) is 1.27. The van der Waals surface area contributed by atoms with Gasteiger partial charge >= 0.3 is 5.97 Å². The molecule has 76 valence electrons.